The molecule has 140 valence electrons. The molecule has 0 fully saturated rings. The molecule has 26 heavy (non-hydrogen) atoms. The van der Waals surface area contributed by atoms with Gasteiger partial charge in [0, 0.05) is 12.1 Å². The predicted molar refractivity (Wildman–Crippen MR) is 93.0 cm³/mol. The Balaban J connectivity index is 2.12. The molecule has 0 aliphatic rings. The fourth-order valence-electron chi connectivity index (χ4n) is 2.38. The van der Waals surface area contributed by atoms with Crippen molar-refractivity contribution in [3.63, 3.8) is 0 Å². The molecule has 2 amide bonds. The summed E-state index contributed by atoms with van der Waals surface area (Å²) >= 11 is 0. The molecule has 0 heterocycles. The van der Waals surface area contributed by atoms with E-state index >= 15 is 0 Å². The Morgan fingerprint density at radius 3 is 2.08 bits per heavy atom. The first-order valence-corrected chi connectivity index (χ1v) is 7.72. The van der Waals surface area contributed by atoms with Gasteiger partial charge >= 0.3 is 6.03 Å². The van der Waals surface area contributed by atoms with Gasteiger partial charge in [0.2, 0.25) is 5.75 Å². The van der Waals surface area contributed by atoms with Gasteiger partial charge in [0.1, 0.15) is 0 Å². The number of benzene rings is 2. The van der Waals surface area contributed by atoms with E-state index < -0.39 is 23.7 Å². The Morgan fingerprint density at radius 2 is 1.58 bits per heavy atom. The molecule has 0 aliphatic heterocycles. The van der Waals surface area contributed by atoms with Gasteiger partial charge in [-0.1, -0.05) is 6.07 Å². The number of methoxy groups -OCH3 is 3. The summed E-state index contributed by atoms with van der Waals surface area (Å²) in [6.45, 7) is 1.65. The van der Waals surface area contributed by atoms with E-state index in [0.717, 1.165) is 12.1 Å². The lowest BCUT2D eigenvalue weighted by Gasteiger charge is -2.17. The third kappa shape index (κ3) is 4.33. The van der Waals surface area contributed by atoms with Crippen molar-refractivity contribution in [2.24, 2.45) is 0 Å². The Labute approximate surface area is 150 Å². The molecule has 2 aromatic rings. The molecule has 0 spiro atoms. The van der Waals surface area contributed by atoms with Crippen LogP contribution in [0.4, 0.5) is 19.3 Å². The molecule has 2 aromatic carbocycles. The van der Waals surface area contributed by atoms with Gasteiger partial charge in [0.15, 0.2) is 23.1 Å². The molecule has 2 rings (SSSR count). The van der Waals surface area contributed by atoms with Crippen LogP contribution in [0, 0.1) is 11.6 Å². The normalized spacial score (nSPS) is 11.5. The maximum absolute atomic E-state index is 13.3. The Hall–Kier alpha value is -3.03. The number of anilines is 1. The first-order valence-electron chi connectivity index (χ1n) is 7.72. The average molecular weight is 366 g/mol. The fraction of sp³-hybridized carbons (Fsp3) is 0.278. The van der Waals surface area contributed by atoms with Gasteiger partial charge in [-0.3, -0.25) is 0 Å². The van der Waals surface area contributed by atoms with Gasteiger partial charge < -0.3 is 24.8 Å². The summed E-state index contributed by atoms with van der Waals surface area (Å²) in [5.74, 6) is -0.744. The number of halogens is 2. The number of ether oxygens (including phenoxy) is 3. The van der Waals surface area contributed by atoms with E-state index in [2.05, 4.69) is 10.6 Å². The van der Waals surface area contributed by atoms with Gasteiger partial charge in [0.25, 0.3) is 0 Å². The number of amides is 2. The number of rotatable bonds is 6. The van der Waals surface area contributed by atoms with Crippen LogP contribution in [0.25, 0.3) is 0 Å². The van der Waals surface area contributed by atoms with Crippen molar-refractivity contribution < 1.29 is 27.8 Å². The minimum atomic E-state index is -0.971. The molecule has 6 nitrogen and oxygen atoms in total. The number of carbonyl (C=O) groups excluding carboxylic acids is 1. The van der Waals surface area contributed by atoms with Crippen molar-refractivity contribution in [2.45, 2.75) is 13.0 Å². The number of urea groups is 1. The number of hydrogen-bond donors (Lipinski definition) is 2. The van der Waals surface area contributed by atoms with Crippen LogP contribution in [0.15, 0.2) is 30.3 Å². The maximum atomic E-state index is 13.3. The second-order valence-corrected chi connectivity index (χ2v) is 5.41. The molecule has 0 bridgehead atoms. The van der Waals surface area contributed by atoms with E-state index in [1.165, 1.54) is 27.4 Å². The molecule has 0 saturated heterocycles. The second-order valence-electron chi connectivity index (χ2n) is 5.41. The summed E-state index contributed by atoms with van der Waals surface area (Å²) < 4.78 is 42.0. The van der Waals surface area contributed by atoms with E-state index in [-0.39, 0.29) is 0 Å². The molecular weight excluding hydrogens is 346 g/mol. The highest BCUT2D eigenvalue weighted by atomic mass is 19.2. The maximum Gasteiger partial charge on any atom is 0.319 e. The molecule has 0 aromatic heterocycles. The average Bonchev–Trinajstić information content (AvgIpc) is 2.62. The molecular formula is C18H20F2N2O4. The van der Waals surface area contributed by atoms with Crippen molar-refractivity contribution >= 4 is 11.7 Å². The standard InChI is InChI=1S/C18H20F2N2O4/c1-10(11-5-6-13(19)14(20)7-11)21-18(23)22-12-8-15(24-2)17(26-4)16(9-12)25-3/h5-10H,1-4H3,(H2,21,22,23). The van der Waals surface area contributed by atoms with Crippen molar-refractivity contribution in [2.75, 3.05) is 26.6 Å². The first-order chi connectivity index (χ1) is 12.4. The van der Waals surface area contributed by atoms with Crippen molar-refractivity contribution in [3.8, 4) is 17.2 Å². The summed E-state index contributed by atoms with van der Waals surface area (Å²) in [4.78, 5) is 12.2. The zero-order valence-corrected chi connectivity index (χ0v) is 14.9. The van der Waals surface area contributed by atoms with Crippen LogP contribution in [-0.4, -0.2) is 27.4 Å². The minimum Gasteiger partial charge on any atom is -0.493 e. The van der Waals surface area contributed by atoms with E-state index in [4.69, 9.17) is 14.2 Å². The Bertz CT molecular complexity index is 774. The monoisotopic (exact) mass is 366 g/mol. The molecule has 0 aliphatic carbocycles. The predicted octanol–water partition coefficient (Wildman–Crippen LogP) is 3.87. The van der Waals surface area contributed by atoms with Crippen molar-refractivity contribution in [1.82, 2.24) is 5.32 Å². The number of hydrogen-bond acceptors (Lipinski definition) is 4. The highest BCUT2D eigenvalue weighted by Gasteiger charge is 2.16. The third-order valence-corrected chi connectivity index (χ3v) is 3.71. The molecule has 1 atom stereocenters. The minimum absolute atomic E-state index is 0.385. The van der Waals surface area contributed by atoms with Crippen molar-refractivity contribution in [3.05, 3.63) is 47.5 Å². The van der Waals surface area contributed by atoms with Crippen LogP contribution in [0.3, 0.4) is 0 Å². The van der Waals surface area contributed by atoms with Gasteiger partial charge in [0.05, 0.1) is 33.1 Å². The largest absolute Gasteiger partial charge is 0.493 e. The van der Waals surface area contributed by atoms with Gasteiger partial charge in [-0.15, -0.1) is 0 Å². The lowest BCUT2D eigenvalue weighted by molar-refractivity contribution is 0.249. The number of carbonyl (C=O) groups is 1. The van der Waals surface area contributed by atoms with Crippen LogP contribution in [0.5, 0.6) is 17.2 Å². The lowest BCUT2D eigenvalue weighted by atomic mass is 10.1. The summed E-state index contributed by atoms with van der Waals surface area (Å²) in [6.07, 6.45) is 0. The smallest absolute Gasteiger partial charge is 0.319 e. The van der Waals surface area contributed by atoms with Gasteiger partial charge in [-0.2, -0.15) is 0 Å². The zero-order chi connectivity index (χ0) is 19.3. The highest BCUT2D eigenvalue weighted by Crippen LogP contribution is 2.39. The summed E-state index contributed by atoms with van der Waals surface area (Å²) in [5.41, 5.74) is 0.846. The van der Waals surface area contributed by atoms with E-state index in [9.17, 15) is 13.6 Å². The van der Waals surface area contributed by atoms with Crippen LogP contribution in [0.2, 0.25) is 0 Å². The van der Waals surface area contributed by atoms with E-state index in [0.29, 0.717) is 28.5 Å². The quantitative estimate of drug-likeness (QED) is 0.814. The number of nitrogens with one attached hydrogen (secondary N) is 2. The fourth-order valence-corrected chi connectivity index (χ4v) is 2.38. The van der Waals surface area contributed by atoms with Gasteiger partial charge in [-0.05, 0) is 24.6 Å². The highest BCUT2D eigenvalue weighted by molar-refractivity contribution is 5.90. The molecule has 0 saturated carbocycles. The van der Waals surface area contributed by atoms with Crippen molar-refractivity contribution in [1.29, 1.82) is 0 Å². The molecule has 0 radical (unpaired) electrons. The van der Waals surface area contributed by atoms with E-state index in [1.54, 1.807) is 19.1 Å². The SMILES string of the molecule is COc1cc(NC(=O)NC(C)c2ccc(F)c(F)c2)cc(OC)c1OC. The van der Waals surface area contributed by atoms with Gasteiger partial charge in [-0.25, -0.2) is 13.6 Å². The second kappa shape index (κ2) is 8.37. The Kier molecular flexibility index (Phi) is 6.21. The van der Waals surface area contributed by atoms with Crippen LogP contribution in [0.1, 0.15) is 18.5 Å². The molecule has 8 heteroatoms. The van der Waals surface area contributed by atoms with E-state index in [1.807, 2.05) is 0 Å². The summed E-state index contributed by atoms with van der Waals surface area (Å²) in [7, 11) is 4.41. The zero-order valence-electron chi connectivity index (χ0n) is 14.9. The molecule has 2 N–H and O–H groups in total. The summed E-state index contributed by atoms with van der Waals surface area (Å²) in [6, 6.07) is 5.54. The lowest BCUT2D eigenvalue weighted by Crippen LogP contribution is -2.31. The van der Waals surface area contributed by atoms with Crippen LogP contribution in [-0.2, 0) is 0 Å². The third-order valence-electron chi connectivity index (χ3n) is 3.71. The van der Waals surface area contributed by atoms with Crippen LogP contribution < -0.4 is 24.8 Å². The molecule has 1 unspecified atom stereocenters. The Morgan fingerprint density at radius 1 is 0.962 bits per heavy atom. The van der Waals surface area contributed by atoms with Crippen LogP contribution >= 0.6 is 0 Å². The summed E-state index contributed by atoms with van der Waals surface area (Å²) in [5, 5.41) is 5.28. The first kappa shape index (κ1) is 19.3. The topological polar surface area (TPSA) is 68.8 Å².